The first-order valence-electron chi connectivity index (χ1n) is 3.17. The van der Waals surface area contributed by atoms with Crippen LogP contribution in [0.3, 0.4) is 0 Å². The zero-order chi connectivity index (χ0) is 7.78. The van der Waals surface area contributed by atoms with Gasteiger partial charge in [0.05, 0.1) is 11.6 Å². The Morgan fingerprint density at radius 3 is 2.40 bits per heavy atom. The van der Waals surface area contributed by atoms with E-state index < -0.39 is 0 Å². The molecule has 2 N–H and O–H groups in total. The van der Waals surface area contributed by atoms with Crippen LogP contribution in [0, 0.1) is 16.7 Å². The largest absolute Gasteiger partial charge is 0.398 e. The maximum atomic E-state index is 8.64. The van der Waals surface area contributed by atoms with Crippen molar-refractivity contribution in [2.24, 2.45) is 11.1 Å². The van der Waals surface area contributed by atoms with Crippen molar-refractivity contribution in [3.63, 3.8) is 0 Å². The zero-order valence-electron chi connectivity index (χ0n) is 6.18. The summed E-state index contributed by atoms with van der Waals surface area (Å²) in [5, 5.41) is 8.64. The Bertz CT molecular complexity index is 251. The van der Waals surface area contributed by atoms with Gasteiger partial charge in [0.1, 0.15) is 0 Å². The number of nitrogens with zero attached hydrogens (tertiary/aromatic N) is 1. The molecular weight excluding hydrogens is 124 g/mol. The van der Waals surface area contributed by atoms with Crippen molar-refractivity contribution in [3.8, 4) is 6.07 Å². The summed E-state index contributed by atoms with van der Waals surface area (Å²) in [5.41, 5.74) is 6.66. The second kappa shape index (κ2) is 1.88. The lowest BCUT2D eigenvalue weighted by atomic mass is 9.88. The minimum atomic E-state index is -0.154. The Balaban J connectivity index is 3.12. The molecule has 0 aliphatic heterocycles. The van der Waals surface area contributed by atoms with Crippen molar-refractivity contribution in [2.75, 3.05) is 0 Å². The zero-order valence-corrected chi connectivity index (χ0v) is 6.18. The molecule has 1 aliphatic carbocycles. The summed E-state index contributed by atoms with van der Waals surface area (Å²) in [6, 6.07) is 2.10. The minimum absolute atomic E-state index is 0.154. The SMILES string of the molecule is CC1(C)C=CC(N)=C1C#N. The first kappa shape index (κ1) is 6.88. The van der Waals surface area contributed by atoms with E-state index >= 15 is 0 Å². The van der Waals surface area contributed by atoms with Crippen LogP contribution < -0.4 is 5.73 Å². The van der Waals surface area contributed by atoms with Crippen LogP contribution in [0.25, 0.3) is 0 Å². The maximum absolute atomic E-state index is 8.64. The number of rotatable bonds is 0. The topological polar surface area (TPSA) is 49.8 Å². The lowest BCUT2D eigenvalue weighted by molar-refractivity contribution is 0.606. The van der Waals surface area contributed by atoms with Gasteiger partial charge in [-0.15, -0.1) is 0 Å². The predicted molar refractivity (Wildman–Crippen MR) is 39.7 cm³/mol. The van der Waals surface area contributed by atoms with Crippen LogP contribution in [0.4, 0.5) is 0 Å². The van der Waals surface area contributed by atoms with Gasteiger partial charge in [0, 0.05) is 11.1 Å². The van der Waals surface area contributed by atoms with Crippen LogP contribution in [0.2, 0.25) is 0 Å². The predicted octanol–water partition coefficient (Wildman–Crippen LogP) is 1.32. The summed E-state index contributed by atoms with van der Waals surface area (Å²) in [7, 11) is 0. The average Bonchev–Trinajstić information content (AvgIpc) is 2.07. The summed E-state index contributed by atoms with van der Waals surface area (Å²) >= 11 is 0. The molecule has 0 unspecified atom stereocenters. The monoisotopic (exact) mass is 134 g/mol. The van der Waals surface area contributed by atoms with Crippen LogP contribution in [0.1, 0.15) is 13.8 Å². The maximum Gasteiger partial charge on any atom is 0.0977 e. The van der Waals surface area contributed by atoms with Crippen LogP contribution in [-0.4, -0.2) is 0 Å². The van der Waals surface area contributed by atoms with Crippen LogP contribution >= 0.6 is 0 Å². The number of hydrogen-bond donors (Lipinski definition) is 1. The highest BCUT2D eigenvalue weighted by molar-refractivity contribution is 5.46. The molecule has 10 heavy (non-hydrogen) atoms. The van der Waals surface area contributed by atoms with Crippen LogP contribution in [0.15, 0.2) is 23.4 Å². The van der Waals surface area contributed by atoms with Gasteiger partial charge in [0.2, 0.25) is 0 Å². The molecule has 1 rings (SSSR count). The molecule has 0 fully saturated rings. The van der Waals surface area contributed by atoms with E-state index in [0.29, 0.717) is 11.3 Å². The summed E-state index contributed by atoms with van der Waals surface area (Å²) in [5.74, 6) is 0. The fourth-order valence-electron chi connectivity index (χ4n) is 1.05. The Morgan fingerprint density at radius 1 is 1.60 bits per heavy atom. The van der Waals surface area contributed by atoms with E-state index in [0.717, 1.165) is 0 Å². The highest BCUT2D eigenvalue weighted by Gasteiger charge is 2.26. The number of allylic oxidation sites excluding steroid dienone is 3. The summed E-state index contributed by atoms with van der Waals surface area (Å²) in [4.78, 5) is 0. The fourth-order valence-corrected chi connectivity index (χ4v) is 1.05. The summed E-state index contributed by atoms with van der Waals surface area (Å²) in [6.07, 6.45) is 3.74. The Kier molecular flexibility index (Phi) is 1.29. The standard InChI is InChI=1S/C8H10N2/c1-8(2)4-3-7(10)6(8)5-9/h3-4H,10H2,1-2H3. The van der Waals surface area contributed by atoms with Gasteiger partial charge in [0.15, 0.2) is 0 Å². The molecule has 0 bridgehead atoms. The number of hydrogen-bond acceptors (Lipinski definition) is 2. The van der Waals surface area contributed by atoms with E-state index in [1.54, 1.807) is 6.08 Å². The second-order valence-corrected chi connectivity index (χ2v) is 3.00. The molecule has 0 spiro atoms. The number of nitrogens with two attached hydrogens (primary N) is 1. The highest BCUT2D eigenvalue weighted by atomic mass is 14.6. The molecular formula is C8H10N2. The van der Waals surface area contributed by atoms with Gasteiger partial charge in [0.25, 0.3) is 0 Å². The van der Waals surface area contributed by atoms with E-state index in [1.165, 1.54) is 0 Å². The molecule has 0 saturated heterocycles. The summed E-state index contributed by atoms with van der Waals surface area (Å²) in [6.45, 7) is 3.95. The molecule has 2 heteroatoms. The van der Waals surface area contributed by atoms with Crippen molar-refractivity contribution in [2.45, 2.75) is 13.8 Å². The molecule has 0 aromatic carbocycles. The molecule has 0 amide bonds. The van der Waals surface area contributed by atoms with Gasteiger partial charge < -0.3 is 5.73 Å². The van der Waals surface area contributed by atoms with Crippen LogP contribution in [0.5, 0.6) is 0 Å². The molecule has 0 radical (unpaired) electrons. The third-order valence-electron chi connectivity index (χ3n) is 1.72. The molecule has 1 aliphatic rings. The molecule has 2 nitrogen and oxygen atoms in total. The highest BCUT2D eigenvalue weighted by Crippen LogP contribution is 2.33. The molecule has 0 aromatic heterocycles. The quantitative estimate of drug-likeness (QED) is 0.543. The Labute approximate surface area is 60.6 Å². The normalized spacial score (nSPS) is 21.3. The molecule has 0 aromatic rings. The second-order valence-electron chi connectivity index (χ2n) is 3.00. The van der Waals surface area contributed by atoms with Gasteiger partial charge in [-0.3, -0.25) is 0 Å². The van der Waals surface area contributed by atoms with Gasteiger partial charge in [-0.05, 0) is 6.08 Å². The molecule has 0 atom stereocenters. The third-order valence-corrected chi connectivity index (χ3v) is 1.72. The smallest absolute Gasteiger partial charge is 0.0977 e. The Hall–Kier alpha value is -1.23. The first-order valence-corrected chi connectivity index (χ1v) is 3.17. The van der Waals surface area contributed by atoms with Gasteiger partial charge >= 0.3 is 0 Å². The first-order chi connectivity index (χ1) is 4.58. The van der Waals surface area contributed by atoms with Crippen molar-refractivity contribution in [3.05, 3.63) is 23.4 Å². The van der Waals surface area contributed by atoms with Gasteiger partial charge in [-0.25, -0.2) is 0 Å². The average molecular weight is 134 g/mol. The van der Waals surface area contributed by atoms with Crippen molar-refractivity contribution in [1.82, 2.24) is 0 Å². The fraction of sp³-hybridized carbons (Fsp3) is 0.375. The van der Waals surface area contributed by atoms with Gasteiger partial charge in [-0.1, -0.05) is 19.9 Å². The number of nitriles is 1. The van der Waals surface area contributed by atoms with E-state index in [-0.39, 0.29) is 5.41 Å². The molecule has 0 heterocycles. The lowest BCUT2D eigenvalue weighted by Crippen LogP contribution is -2.09. The molecule has 52 valence electrons. The van der Waals surface area contributed by atoms with E-state index in [4.69, 9.17) is 11.0 Å². The lowest BCUT2D eigenvalue weighted by Gasteiger charge is -2.14. The minimum Gasteiger partial charge on any atom is -0.398 e. The summed E-state index contributed by atoms with van der Waals surface area (Å²) < 4.78 is 0. The van der Waals surface area contributed by atoms with E-state index in [2.05, 4.69) is 6.07 Å². The van der Waals surface area contributed by atoms with Crippen molar-refractivity contribution in [1.29, 1.82) is 5.26 Å². The van der Waals surface area contributed by atoms with E-state index in [1.807, 2.05) is 19.9 Å². The van der Waals surface area contributed by atoms with Crippen LogP contribution in [-0.2, 0) is 0 Å². The third kappa shape index (κ3) is 0.801. The van der Waals surface area contributed by atoms with E-state index in [9.17, 15) is 0 Å². The Morgan fingerprint density at radius 2 is 2.20 bits per heavy atom. The van der Waals surface area contributed by atoms with Crippen molar-refractivity contribution >= 4 is 0 Å². The van der Waals surface area contributed by atoms with Crippen molar-refractivity contribution < 1.29 is 0 Å². The molecule has 0 saturated carbocycles. The van der Waals surface area contributed by atoms with Gasteiger partial charge in [-0.2, -0.15) is 5.26 Å².